The Morgan fingerprint density at radius 1 is 1.60 bits per heavy atom. The molecule has 0 atom stereocenters. The highest BCUT2D eigenvalue weighted by Gasteiger charge is 2.10. The van der Waals surface area contributed by atoms with Gasteiger partial charge < -0.3 is 0 Å². The number of hydrogen-bond donors (Lipinski definition) is 0. The summed E-state index contributed by atoms with van der Waals surface area (Å²) in [7, 11) is 0. The second-order valence-corrected chi connectivity index (χ2v) is 1.88. The zero-order chi connectivity index (χ0) is 6.97. The molecule has 0 spiro atoms. The van der Waals surface area contributed by atoms with E-state index in [-0.39, 0.29) is 0 Å². The molecule has 1 aliphatic carbocycles. The van der Waals surface area contributed by atoms with Gasteiger partial charge in [0.1, 0.15) is 11.4 Å². The molecule has 0 aromatic carbocycles. The number of nitrogens with zero attached hydrogens (tertiary/aromatic N) is 3. The summed E-state index contributed by atoms with van der Waals surface area (Å²) >= 11 is 0. The van der Waals surface area contributed by atoms with Crippen molar-refractivity contribution in [3.63, 3.8) is 0 Å². The molecule has 50 valence electrons. The molecule has 0 bridgehead atoms. The Morgan fingerprint density at radius 3 is 3.30 bits per heavy atom. The molecule has 0 unspecified atom stereocenters. The third-order valence-electron chi connectivity index (χ3n) is 1.32. The Morgan fingerprint density at radius 2 is 2.50 bits per heavy atom. The summed E-state index contributed by atoms with van der Waals surface area (Å²) in [5.41, 5.74) is 1.64. The van der Waals surface area contributed by atoms with Gasteiger partial charge in [-0.15, -0.1) is 0 Å². The molecular weight excluding hydrogens is 130 g/mol. The number of rotatable bonds is 1. The van der Waals surface area contributed by atoms with Crippen molar-refractivity contribution < 1.29 is 4.63 Å². The Labute approximate surface area is 57.0 Å². The fourth-order valence-electron chi connectivity index (χ4n) is 0.869. The third kappa shape index (κ3) is 0.500. The van der Waals surface area contributed by atoms with Crippen molar-refractivity contribution in [2.75, 3.05) is 0 Å². The summed E-state index contributed by atoms with van der Waals surface area (Å²) < 4.78 is 4.74. The molecule has 4 heteroatoms. The lowest BCUT2D eigenvalue weighted by Gasteiger charge is -1.85. The van der Waals surface area contributed by atoms with Crippen LogP contribution in [0.3, 0.4) is 0 Å². The molecule has 0 radical (unpaired) electrons. The van der Waals surface area contributed by atoms with E-state index in [4.69, 9.17) is 4.63 Å². The first-order valence-electron chi connectivity index (χ1n) is 2.82. The normalized spacial score (nSPS) is 10.4. The van der Waals surface area contributed by atoms with Gasteiger partial charge in [-0.2, -0.15) is 5.10 Å². The summed E-state index contributed by atoms with van der Waals surface area (Å²) in [4.78, 5) is 1.27. The van der Waals surface area contributed by atoms with Gasteiger partial charge in [-0.05, 0) is 17.3 Å². The van der Waals surface area contributed by atoms with Gasteiger partial charge in [-0.3, -0.25) is 0 Å². The molecule has 10 heavy (non-hydrogen) atoms. The van der Waals surface area contributed by atoms with Gasteiger partial charge in [0.25, 0.3) is 0 Å². The highest BCUT2D eigenvalue weighted by molar-refractivity contribution is 5.56. The minimum absolute atomic E-state index is 0.799. The number of hydrogen-bond acceptors (Lipinski definition) is 3. The fraction of sp³-hybridized carbons (Fsp3) is 0. The maximum absolute atomic E-state index is 4.74. The molecule has 4 nitrogen and oxygen atoms in total. The van der Waals surface area contributed by atoms with Crippen LogP contribution in [0.1, 0.15) is 0 Å². The molecule has 1 aliphatic heterocycles. The molecule has 0 aromatic rings. The van der Waals surface area contributed by atoms with Crippen molar-refractivity contribution in [3.8, 4) is 11.4 Å². The first-order valence-corrected chi connectivity index (χ1v) is 2.82. The van der Waals surface area contributed by atoms with Gasteiger partial charge in [-0.1, -0.05) is 10.9 Å². The average Bonchev–Trinajstić information content (AvgIpc) is 2.44. The van der Waals surface area contributed by atoms with E-state index in [1.165, 1.54) is 4.85 Å². The molecule has 0 N–H and O–H groups in total. The van der Waals surface area contributed by atoms with Crippen LogP contribution in [0.15, 0.2) is 27.9 Å². The zero-order valence-corrected chi connectivity index (χ0v) is 5.19. The Hall–Kier alpha value is -1.58. The lowest BCUT2D eigenvalue weighted by molar-refractivity contribution is 0.222. The maximum Gasteiger partial charge on any atom is 0.135 e. The third-order valence-corrected chi connectivity index (χ3v) is 1.32. The molecule has 1 heterocycles. The van der Waals surface area contributed by atoms with Crippen molar-refractivity contribution in [2.24, 2.45) is 5.10 Å². The van der Waals surface area contributed by atoms with E-state index < -0.39 is 0 Å². The lowest BCUT2D eigenvalue weighted by atomic mass is 10.4. The van der Waals surface area contributed by atoms with E-state index in [0.29, 0.717) is 0 Å². The quantitative estimate of drug-likeness (QED) is 0.548. The molecular formula is C6H5N3O. The standard InChI is InChI=1S/C6H5N3O/c1-7-9-6-4-2-3-5(6)8-10-9/h2-4H,1H2. The Kier molecular flexibility index (Phi) is 0.887. The minimum Gasteiger partial charge on any atom is -0.245 e. The van der Waals surface area contributed by atoms with Crippen LogP contribution in [-0.2, 0) is 0 Å². The van der Waals surface area contributed by atoms with Crippen LogP contribution in [0.5, 0.6) is 0 Å². The highest BCUT2D eigenvalue weighted by atomic mass is 16.6. The Bertz CT molecular complexity index is 322. The van der Waals surface area contributed by atoms with Gasteiger partial charge in [0.05, 0.1) is 0 Å². The topological polar surface area (TPSA) is 43.3 Å². The van der Waals surface area contributed by atoms with Crippen LogP contribution in [-0.4, -0.2) is 16.7 Å². The summed E-state index contributed by atoms with van der Waals surface area (Å²) in [5, 5.41) is 7.27. The summed E-state index contributed by atoms with van der Waals surface area (Å²) in [6.07, 6.45) is 0. The van der Waals surface area contributed by atoms with E-state index in [1.807, 2.05) is 18.2 Å². The van der Waals surface area contributed by atoms with Gasteiger partial charge in [0, 0.05) is 6.72 Å². The van der Waals surface area contributed by atoms with E-state index in [9.17, 15) is 0 Å². The monoisotopic (exact) mass is 135 g/mol. The molecule has 2 aliphatic rings. The van der Waals surface area contributed by atoms with Crippen molar-refractivity contribution in [1.82, 2.24) is 10.0 Å². The molecule has 0 aromatic heterocycles. The van der Waals surface area contributed by atoms with E-state index in [1.54, 1.807) is 0 Å². The zero-order valence-electron chi connectivity index (χ0n) is 5.19. The fourth-order valence-corrected chi connectivity index (χ4v) is 0.869. The predicted octanol–water partition coefficient (Wildman–Crippen LogP) is 1.04. The highest BCUT2D eigenvalue weighted by Crippen LogP contribution is 2.19. The van der Waals surface area contributed by atoms with Crippen LogP contribution in [0.2, 0.25) is 0 Å². The van der Waals surface area contributed by atoms with Gasteiger partial charge in [0.2, 0.25) is 0 Å². The summed E-state index contributed by atoms with van der Waals surface area (Å²) in [5.74, 6) is 0. The molecule has 0 fully saturated rings. The van der Waals surface area contributed by atoms with Gasteiger partial charge in [0.15, 0.2) is 0 Å². The summed E-state index contributed by atoms with van der Waals surface area (Å²) in [6, 6.07) is 5.59. The van der Waals surface area contributed by atoms with Crippen LogP contribution < -0.4 is 0 Å². The first kappa shape index (κ1) is 5.22. The first-order chi connectivity index (χ1) is 4.92. The van der Waals surface area contributed by atoms with Crippen molar-refractivity contribution in [3.05, 3.63) is 18.2 Å². The van der Waals surface area contributed by atoms with Gasteiger partial charge in [-0.25, -0.2) is 4.63 Å². The van der Waals surface area contributed by atoms with E-state index >= 15 is 0 Å². The smallest absolute Gasteiger partial charge is 0.135 e. The number of aromatic nitrogens is 2. The maximum atomic E-state index is 4.74. The van der Waals surface area contributed by atoms with Crippen LogP contribution in [0, 0.1) is 0 Å². The van der Waals surface area contributed by atoms with Crippen LogP contribution in [0.4, 0.5) is 0 Å². The SMILES string of the molecule is C=Nn1onc2cccc1-2. The molecule has 0 saturated heterocycles. The molecule has 0 saturated carbocycles. The number of fused-ring (bicyclic) bond motifs is 1. The van der Waals surface area contributed by atoms with Crippen molar-refractivity contribution >= 4 is 6.72 Å². The second-order valence-electron chi connectivity index (χ2n) is 1.88. The summed E-state index contributed by atoms with van der Waals surface area (Å²) in [6.45, 7) is 3.31. The molecule has 2 rings (SSSR count). The Balaban J connectivity index is 2.71. The van der Waals surface area contributed by atoms with Crippen LogP contribution in [0.25, 0.3) is 11.4 Å². The predicted molar refractivity (Wildman–Crippen MR) is 36.1 cm³/mol. The molecule has 0 amide bonds. The van der Waals surface area contributed by atoms with Crippen molar-refractivity contribution in [2.45, 2.75) is 0 Å². The van der Waals surface area contributed by atoms with E-state index in [0.717, 1.165) is 11.4 Å². The van der Waals surface area contributed by atoms with E-state index in [2.05, 4.69) is 17.0 Å². The second kappa shape index (κ2) is 1.70. The lowest BCUT2D eigenvalue weighted by Crippen LogP contribution is -1.82. The largest absolute Gasteiger partial charge is 0.245 e. The average molecular weight is 135 g/mol. The van der Waals surface area contributed by atoms with Crippen molar-refractivity contribution in [1.29, 1.82) is 0 Å². The van der Waals surface area contributed by atoms with Crippen LogP contribution >= 0.6 is 0 Å². The minimum atomic E-state index is 0.799. The van der Waals surface area contributed by atoms with Gasteiger partial charge >= 0.3 is 0 Å².